The van der Waals surface area contributed by atoms with Gasteiger partial charge in [-0.1, -0.05) is 29.8 Å². The van der Waals surface area contributed by atoms with Crippen molar-refractivity contribution < 1.29 is 14.3 Å². The van der Waals surface area contributed by atoms with Crippen molar-refractivity contribution in [2.45, 2.75) is 26.9 Å². The van der Waals surface area contributed by atoms with Crippen LogP contribution in [0.25, 0.3) is 0 Å². The molecule has 0 saturated carbocycles. The second-order valence-electron chi connectivity index (χ2n) is 7.02. The Morgan fingerprint density at radius 2 is 1.81 bits per heavy atom. The van der Waals surface area contributed by atoms with Crippen LogP contribution in [0.5, 0.6) is 11.5 Å². The zero-order valence-electron chi connectivity index (χ0n) is 15.8. The molecule has 138 valence electrons. The summed E-state index contributed by atoms with van der Waals surface area (Å²) in [5, 5.41) is 3.04. The van der Waals surface area contributed by atoms with Crippen molar-refractivity contribution in [2.24, 2.45) is 0 Å². The summed E-state index contributed by atoms with van der Waals surface area (Å²) in [6, 6.07) is 11.8. The maximum Gasteiger partial charge on any atom is 0.238 e. The molecule has 2 aromatic rings. The van der Waals surface area contributed by atoms with Crippen LogP contribution in [-0.2, 0) is 4.79 Å². The summed E-state index contributed by atoms with van der Waals surface area (Å²) in [6.07, 6.45) is -0.0921. The van der Waals surface area contributed by atoms with Crippen LogP contribution in [0.15, 0.2) is 36.4 Å². The second-order valence-corrected chi connectivity index (χ2v) is 7.02. The lowest BCUT2D eigenvalue weighted by molar-refractivity contribution is -0.117. The van der Waals surface area contributed by atoms with Crippen LogP contribution in [0.2, 0.25) is 0 Å². The van der Waals surface area contributed by atoms with E-state index in [4.69, 9.17) is 9.47 Å². The van der Waals surface area contributed by atoms with Crippen molar-refractivity contribution in [3.8, 4) is 11.5 Å². The van der Waals surface area contributed by atoms with Gasteiger partial charge in [0.1, 0.15) is 12.7 Å². The number of nitrogens with one attached hydrogen (secondary N) is 1. The molecule has 5 heteroatoms. The van der Waals surface area contributed by atoms with Crippen LogP contribution >= 0.6 is 0 Å². The number of benzene rings is 2. The van der Waals surface area contributed by atoms with E-state index in [-0.39, 0.29) is 12.0 Å². The Morgan fingerprint density at radius 1 is 1.15 bits per heavy atom. The molecule has 1 atom stereocenters. The minimum atomic E-state index is -0.0921. The van der Waals surface area contributed by atoms with E-state index in [9.17, 15) is 4.79 Å². The number of carbonyl (C=O) groups excluding carboxylic acids is 1. The topological polar surface area (TPSA) is 50.8 Å². The van der Waals surface area contributed by atoms with Gasteiger partial charge in [0.25, 0.3) is 0 Å². The van der Waals surface area contributed by atoms with Crippen LogP contribution in [-0.4, -0.2) is 43.7 Å². The number of likely N-dealkylation sites (N-methyl/N-ethyl adjacent to an activating group) is 1. The van der Waals surface area contributed by atoms with Crippen molar-refractivity contribution in [2.75, 3.05) is 32.1 Å². The monoisotopic (exact) mass is 354 g/mol. The quantitative estimate of drug-likeness (QED) is 0.895. The standard InChI is InChI=1S/C21H26N2O3/c1-14-9-15(2)21(16(3)10-14)22-20(24)12-23(4)11-17-13-25-18-7-5-6-8-19(18)26-17/h5-10,17H,11-13H2,1-4H3,(H,22,24). The largest absolute Gasteiger partial charge is 0.486 e. The first-order valence-electron chi connectivity index (χ1n) is 8.87. The van der Waals surface area contributed by atoms with Gasteiger partial charge in [0.15, 0.2) is 11.5 Å². The number of ether oxygens (including phenoxy) is 2. The smallest absolute Gasteiger partial charge is 0.238 e. The third-order valence-corrected chi connectivity index (χ3v) is 4.44. The van der Waals surface area contributed by atoms with E-state index in [2.05, 4.69) is 24.4 Å². The fourth-order valence-corrected chi connectivity index (χ4v) is 3.37. The van der Waals surface area contributed by atoms with Gasteiger partial charge in [0.2, 0.25) is 5.91 Å². The lowest BCUT2D eigenvalue weighted by Crippen LogP contribution is -2.42. The molecule has 1 aliphatic rings. The third kappa shape index (κ3) is 4.35. The van der Waals surface area contributed by atoms with E-state index in [1.807, 2.05) is 50.1 Å². The van der Waals surface area contributed by atoms with Crippen LogP contribution in [0.4, 0.5) is 5.69 Å². The van der Waals surface area contributed by atoms with E-state index < -0.39 is 0 Å². The number of fused-ring (bicyclic) bond motifs is 1. The van der Waals surface area contributed by atoms with Gasteiger partial charge in [-0.05, 0) is 51.1 Å². The minimum Gasteiger partial charge on any atom is -0.486 e. The van der Waals surface area contributed by atoms with Gasteiger partial charge in [0.05, 0.1) is 6.54 Å². The predicted octanol–water partition coefficient (Wildman–Crippen LogP) is 3.32. The predicted molar refractivity (Wildman–Crippen MR) is 103 cm³/mol. The summed E-state index contributed by atoms with van der Waals surface area (Å²) in [6.45, 7) is 7.50. The van der Waals surface area contributed by atoms with Crippen molar-refractivity contribution in [1.29, 1.82) is 0 Å². The Morgan fingerprint density at radius 3 is 2.50 bits per heavy atom. The van der Waals surface area contributed by atoms with E-state index in [0.29, 0.717) is 19.7 Å². The van der Waals surface area contributed by atoms with E-state index in [0.717, 1.165) is 28.3 Å². The zero-order valence-corrected chi connectivity index (χ0v) is 15.8. The molecule has 0 fully saturated rings. The van der Waals surface area contributed by atoms with E-state index >= 15 is 0 Å². The fourth-order valence-electron chi connectivity index (χ4n) is 3.37. The van der Waals surface area contributed by atoms with Crippen LogP contribution < -0.4 is 14.8 Å². The summed E-state index contributed by atoms with van der Waals surface area (Å²) < 4.78 is 11.7. The average molecular weight is 354 g/mol. The van der Waals surface area contributed by atoms with Gasteiger partial charge in [0, 0.05) is 12.2 Å². The number of anilines is 1. The van der Waals surface area contributed by atoms with Gasteiger partial charge >= 0.3 is 0 Å². The number of hydrogen-bond acceptors (Lipinski definition) is 4. The van der Waals surface area contributed by atoms with Crippen LogP contribution in [0.1, 0.15) is 16.7 Å². The number of para-hydroxylation sites is 2. The molecule has 0 aromatic heterocycles. The normalized spacial score (nSPS) is 15.8. The number of carbonyl (C=O) groups is 1. The van der Waals surface area contributed by atoms with Gasteiger partial charge in [-0.25, -0.2) is 0 Å². The fraction of sp³-hybridized carbons (Fsp3) is 0.381. The summed E-state index contributed by atoms with van der Waals surface area (Å²) in [4.78, 5) is 14.4. The van der Waals surface area contributed by atoms with Crippen molar-refractivity contribution >= 4 is 11.6 Å². The molecule has 1 heterocycles. The third-order valence-electron chi connectivity index (χ3n) is 4.44. The lowest BCUT2D eigenvalue weighted by atomic mass is 10.1. The minimum absolute atomic E-state index is 0.0281. The van der Waals surface area contributed by atoms with Crippen LogP contribution in [0, 0.1) is 20.8 Å². The summed E-state index contributed by atoms with van der Waals surface area (Å²) >= 11 is 0. The first-order valence-corrected chi connectivity index (χ1v) is 8.87. The van der Waals surface area contributed by atoms with Gasteiger partial charge in [-0.15, -0.1) is 0 Å². The maximum absolute atomic E-state index is 12.4. The Balaban J connectivity index is 1.54. The van der Waals surface area contributed by atoms with Gasteiger partial charge < -0.3 is 14.8 Å². The molecule has 2 aromatic carbocycles. The molecule has 26 heavy (non-hydrogen) atoms. The number of amides is 1. The molecule has 0 bridgehead atoms. The summed E-state index contributed by atoms with van der Waals surface area (Å²) in [5.74, 6) is 1.50. The SMILES string of the molecule is Cc1cc(C)c(NC(=O)CN(C)CC2COc3ccccc3O2)c(C)c1. The number of rotatable bonds is 5. The van der Waals surface area contributed by atoms with Crippen LogP contribution in [0.3, 0.4) is 0 Å². The highest BCUT2D eigenvalue weighted by atomic mass is 16.6. The first-order chi connectivity index (χ1) is 12.4. The second kappa shape index (κ2) is 7.79. The molecule has 1 N–H and O–H groups in total. The molecule has 5 nitrogen and oxygen atoms in total. The van der Waals surface area contributed by atoms with Crippen molar-refractivity contribution in [1.82, 2.24) is 4.90 Å². The van der Waals surface area contributed by atoms with Gasteiger partial charge in [-0.2, -0.15) is 0 Å². The summed E-state index contributed by atoms with van der Waals surface area (Å²) in [7, 11) is 1.91. The molecule has 1 amide bonds. The molecule has 0 aliphatic carbocycles. The number of hydrogen-bond donors (Lipinski definition) is 1. The highest BCUT2D eigenvalue weighted by Crippen LogP contribution is 2.31. The highest BCUT2D eigenvalue weighted by molar-refractivity contribution is 5.93. The molecule has 0 saturated heterocycles. The summed E-state index contributed by atoms with van der Waals surface area (Å²) in [5.41, 5.74) is 4.27. The first kappa shape index (κ1) is 18.3. The molecule has 1 unspecified atom stereocenters. The number of nitrogens with zero attached hydrogens (tertiary/aromatic N) is 1. The molecular weight excluding hydrogens is 328 g/mol. The number of aryl methyl sites for hydroxylation is 3. The lowest BCUT2D eigenvalue weighted by Gasteiger charge is -2.29. The molecule has 3 rings (SSSR count). The Hall–Kier alpha value is -2.53. The van der Waals surface area contributed by atoms with Crippen molar-refractivity contribution in [3.05, 3.63) is 53.1 Å². The molecule has 0 radical (unpaired) electrons. The van der Waals surface area contributed by atoms with E-state index in [1.54, 1.807) is 0 Å². The molecule has 0 spiro atoms. The Labute approximate surface area is 154 Å². The van der Waals surface area contributed by atoms with E-state index in [1.165, 1.54) is 5.56 Å². The Bertz CT molecular complexity index is 781. The maximum atomic E-state index is 12.4. The zero-order chi connectivity index (χ0) is 18.7. The molecular formula is C21H26N2O3. The van der Waals surface area contributed by atoms with Crippen molar-refractivity contribution in [3.63, 3.8) is 0 Å². The molecule has 1 aliphatic heterocycles. The average Bonchev–Trinajstić information content (AvgIpc) is 2.58. The Kier molecular flexibility index (Phi) is 5.47. The van der Waals surface area contributed by atoms with Gasteiger partial charge in [-0.3, -0.25) is 9.69 Å². The highest BCUT2D eigenvalue weighted by Gasteiger charge is 2.22.